The highest BCUT2D eigenvalue weighted by Gasteiger charge is 2.72. The molecule has 3 aliphatic rings. The molecule has 3 rings (SSSR count). The lowest BCUT2D eigenvalue weighted by Crippen LogP contribution is -2.80. The second-order valence-electron chi connectivity index (χ2n) is 5.86. The van der Waals surface area contributed by atoms with Crippen LogP contribution in [0.2, 0.25) is 0 Å². The number of hydrogen-bond acceptors (Lipinski definition) is 6. The van der Waals surface area contributed by atoms with Crippen molar-refractivity contribution in [3.8, 4) is 0 Å². The van der Waals surface area contributed by atoms with E-state index >= 15 is 0 Å². The highest BCUT2D eigenvalue weighted by Crippen LogP contribution is 2.45. The standard InChI is InChI=1S/C11H19N7O4/c1-4-2-18-8(13)15-5(3-22-9(14)19)6-10(18,11(4,20)21)17-7(12)16-6/h4-6,20-21H,2-3H2,1H3,(H2,13,15)(H2,14,19)(H3,12,16,17)/t4-,5-,6-,10-/m0/s1. The van der Waals surface area contributed by atoms with Gasteiger partial charge in [0.05, 0.1) is 12.1 Å². The monoisotopic (exact) mass is 313 g/mol. The van der Waals surface area contributed by atoms with Crippen molar-refractivity contribution in [1.29, 1.82) is 10.8 Å². The molecule has 0 aromatic carbocycles. The minimum absolute atomic E-state index is 0.0462. The van der Waals surface area contributed by atoms with Crippen molar-refractivity contribution < 1.29 is 19.7 Å². The van der Waals surface area contributed by atoms with Crippen LogP contribution in [0, 0.1) is 16.7 Å². The Kier molecular flexibility index (Phi) is 2.91. The van der Waals surface area contributed by atoms with Crippen LogP contribution in [-0.2, 0) is 4.74 Å². The zero-order valence-electron chi connectivity index (χ0n) is 11.9. The predicted octanol–water partition coefficient (Wildman–Crippen LogP) is -3.19. The molecule has 0 aromatic rings. The summed E-state index contributed by atoms with van der Waals surface area (Å²) in [5, 5.41) is 45.5. The van der Waals surface area contributed by atoms with Crippen LogP contribution in [0.25, 0.3) is 0 Å². The SMILES string of the molecule is C[C@H]1CN2C(=N)N[C@@H](COC(N)=O)[C@@H]3NC(=N)N[C@@]32C1(O)O. The first-order valence-corrected chi connectivity index (χ1v) is 6.83. The third-order valence-corrected chi connectivity index (χ3v) is 4.60. The van der Waals surface area contributed by atoms with E-state index in [1.165, 1.54) is 4.90 Å². The van der Waals surface area contributed by atoms with E-state index < -0.39 is 35.5 Å². The minimum atomic E-state index is -2.19. The van der Waals surface area contributed by atoms with Crippen LogP contribution in [0.3, 0.4) is 0 Å². The van der Waals surface area contributed by atoms with Crippen molar-refractivity contribution in [2.75, 3.05) is 13.2 Å². The molecular weight excluding hydrogens is 294 g/mol. The predicted molar refractivity (Wildman–Crippen MR) is 73.7 cm³/mol. The Morgan fingerprint density at radius 1 is 1.50 bits per heavy atom. The summed E-state index contributed by atoms with van der Waals surface area (Å²) in [5.41, 5.74) is 3.47. The maximum absolute atomic E-state index is 10.8. The van der Waals surface area contributed by atoms with Crippen molar-refractivity contribution in [3.05, 3.63) is 0 Å². The van der Waals surface area contributed by atoms with Gasteiger partial charge in [-0.2, -0.15) is 0 Å². The average Bonchev–Trinajstić information content (AvgIpc) is 2.86. The maximum atomic E-state index is 10.8. The lowest BCUT2D eigenvalue weighted by Gasteiger charge is -2.51. The average molecular weight is 313 g/mol. The van der Waals surface area contributed by atoms with Gasteiger partial charge in [-0.25, -0.2) is 4.79 Å². The number of nitrogens with zero attached hydrogens (tertiary/aromatic N) is 1. The number of nitrogens with two attached hydrogens (primary N) is 1. The Bertz CT molecular complexity index is 553. The van der Waals surface area contributed by atoms with Gasteiger partial charge in [0.2, 0.25) is 5.79 Å². The van der Waals surface area contributed by atoms with Gasteiger partial charge in [0, 0.05) is 12.5 Å². The molecule has 1 spiro atoms. The van der Waals surface area contributed by atoms with E-state index in [0.717, 1.165) is 0 Å². The van der Waals surface area contributed by atoms with E-state index in [-0.39, 0.29) is 25.1 Å². The molecule has 3 heterocycles. The molecule has 1 amide bonds. The van der Waals surface area contributed by atoms with Gasteiger partial charge < -0.3 is 41.5 Å². The Morgan fingerprint density at radius 2 is 2.18 bits per heavy atom. The highest BCUT2D eigenvalue weighted by atomic mass is 16.5. The summed E-state index contributed by atoms with van der Waals surface area (Å²) >= 11 is 0. The largest absolute Gasteiger partial charge is 0.447 e. The summed E-state index contributed by atoms with van der Waals surface area (Å²) in [4.78, 5) is 12.3. The third-order valence-electron chi connectivity index (χ3n) is 4.60. The van der Waals surface area contributed by atoms with E-state index in [1.807, 2.05) is 0 Å². The van der Waals surface area contributed by atoms with Crippen LogP contribution >= 0.6 is 0 Å². The second kappa shape index (κ2) is 4.36. The molecule has 22 heavy (non-hydrogen) atoms. The molecular formula is C11H19N7O4. The molecule has 0 aromatic heterocycles. The fraction of sp³-hybridized carbons (Fsp3) is 0.727. The topological polar surface area (TPSA) is 180 Å². The molecule has 3 saturated heterocycles. The first-order chi connectivity index (χ1) is 10.2. The van der Waals surface area contributed by atoms with E-state index in [2.05, 4.69) is 16.0 Å². The van der Waals surface area contributed by atoms with Crippen molar-refractivity contribution in [3.63, 3.8) is 0 Å². The number of amides is 1. The number of aliphatic hydroxyl groups is 2. The molecule has 11 heteroatoms. The summed E-state index contributed by atoms with van der Waals surface area (Å²) in [6.07, 6.45) is -0.968. The molecule has 4 atom stereocenters. The maximum Gasteiger partial charge on any atom is 0.404 e. The van der Waals surface area contributed by atoms with Crippen molar-refractivity contribution >= 4 is 18.0 Å². The first kappa shape index (κ1) is 14.7. The zero-order chi connectivity index (χ0) is 16.3. The van der Waals surface area contributed by atoms with Gasteiger partial charge in [-0.05, 0) is 0 Å². The Balaban J connectivity index is 2.01. The number of ether oxygens (including phenoxy) is 1. The van der Waals surface area contributed by atoms with Gasteiger partial charge in [-0.3, -0.25) is 10.8 Å². The van der Waals surface area contributed by atoms with Crippen LogP contribution in [0.4, 0.5) is 4.79 Å². The smallest absolute Gasteiger partial charge is 0.404 e. The molecule has 9 N–H and O–H groups in total. The minimum Gasteiger partial charge on any atom is -0.447 e. The quantitative estimate of drug-likeness (QED) is 0.245. The Hall–Kier alpha value is -2.27. The summed E-state index contributed by atoms with van der Waals surface area (Å²) in [6.45, 7) is 1.70. The molecule has 3 fully saturated rings. The molecule has 0 bridgehead atoms. The summed E-state index contributed by atoms with van der Waals surface area (Å²) in [7, 11) is 0. The van der Waals surface area contributed by atoms with Crippen LogP contribution in [0.15, 0.2) is 0 Å². The number of primary amides is 1. The number of nitrogens with one attached hydrogen (secondary N) is 5. The first-order valence-electron chi connectivity index (χ1n) is 6.83. The molecule has 0 saturated carbocycles. The summed E-state index contributed by atoms with van der Waals surface area (Å²) in [6, 6.07) is -1.37. The Labute approximate surface area is 125 Å². The zero-order valence-corrected chi connectivity index (χ0v) is 11.9. The highest BCUT2D eigenvalue weighted by molar-refractivity contribution is 5.87. The third kappa shape index (κ3) is 1.66. The number of carbonyl (C=O) groups is 1. The van der Waals surface area contributed by atoms with Crippen LogP contribution in [-0.4, -0.2) is 69.8 Å². The Morgan fingerprint density at radius 3 is 2.82 bits per heavy atom. The van der Waals surface area contributed by atoms with Crippen LogP contribution in [0.1, 0.15) is 6.92 Å². The van der Waals surface area contributed by atoms with Gasteiger partial charge in [0.1, 0.15) is 6.61 Å². The van der Waals surface area contributed by atoms with E-state index in [1.54, 1.807) is 6.92 Å². The van der Waals surface area contributed by atoms with Crippen LogP contribution in [0.5, 0.6) is 0 Å². The van der Waals surface area contributed by atoms with Gasteiger partial charge in [-0.1, -0.05) is 6.92 Å². The lowest BCUT2D eigenvalue weighted by molar-refractivity contribution is -0.242. The fourth-order valence-corrected chi connectivity index (χ4v) is 3.55. The van der Waals surface area contributed by atoms with Crippen LogP contribution < -0.4 is 21.7 Å². The number of rotatable bonds is 2. The molecule has 122 valence electrons. The number of guanidine groups is 2. The van der Waals surface area contributed by atoms with E-state index in [0.29, 0.717) is 0 Å². The van der Waals surface area contributed by atoms with Gasteiger partial charge in [0.15, 0.2) is 17.6 Å². The number of hydrogen-bond donors (Lipinski definition) is 8. The van der Waals surface area contributed by atoms with E-state index in [9.17, 15) is 15.0 Å². The fourth-order valence-electron chi connectivity index (χ4n) is 3.55. The van der Waals surface area contributed by atoms with Gasteiger partial charge in [-0.15, -0.1) is 0 Å². The second-order valence-corrected chi connectivity index (χ2v) is 5.86. The van der Waals surface area contributed by atoms with Crippen molar-refractivity contribution in [2.24, 2.45) is 11.7 Å². The van der Waals surface area contributed by atoms with Gasteiger partial charge in [0.25, 0.3) is 0 Å². The van der Waals surface area contributed by atoms with E-state index in [4.69, 9.17) is 21.3 Å². The summed E-state index contributed by atoms with van der Waals surface area (Å²) in [5.74, 6) is -2.90. The molecule has 0 radical (unpaired) electrons. The summed E-state index contributed by atoms with van der Waals surface area (Å²) < 4.78 is 4.77. The molecule has 11 nitrogen and oxygen atoms in total. The van der Waals surface area contributed by atoms with Crippen molar-refractivity contribution in [1.82, 2.24) is 20.9 Å². The molecule has 0 aliphatic carbocycles. The van der Waals surface area contributed by atoms with Gasteiger partial charge >= 0.3 is 6.09 Å². The normalized spacial score (nSPS) is 38.5. The lowest BCUT2D eigenvalue weighted by atomic mass is 9.83. The van der Waals surface area contributed by atoms with Crippen molar-refractivity contribution in [2.45, 2.75) is 30.5 Å². The molecule has 0 unspecified atom stereocenters. The molecule has 3 aliphatic heterocycles. The number of carbonyl (C=O) groups excluding carboxylic acids is 1.